The number of hydrogen-bond donors (Lipinski definition) is 1. The number of nitrogens with one attached hydrogen (secondary N) is 1. The lowest BCUT2D eigenvalue weighted by Gasteiger charge is -2.12. The number of carbonyl (C=O) groups excluding carboxylic acids is 3. The van der Waals surface area contributed by atoms with Crippen LogP contribution >= 0.6 is 27.7 Å². The molecule has 1 saturated heterocycles. The maximum absolute atomic E-state index is 13.2. The van der Waals surface area contributed by atoms with Gasteiger partial charge in [-0.15, -0.1) is 0 Å². The smallest absolute Gasteiger partial charge is 0.294 e. The van der Waals surface area contributed by atoms with Crippen LogP contribution < -0.4 is 14.8 Å². The summed E-state index contributed by atoms with van der Waals surface area (Å²) in [5.74, 6) is -0.736. The fraction of sp³-hybridized carbons (Fsp3) is 0.150. The van der Waals surface area contributed by atoms with Gasteiger partial charge in [-0.1, -0.05) is 6.07 Å². The lowest BCUT2D eigenvalue weighted by atomic mass is 10.1. The van der Waals surface area contributed by atoms with Crippen LogP contribution in [-0.4, -0.2) is 42.7 Å². The van der Waals surface area contributed by atoms with Gasteiger partial charge in [-0.2, -0.15) is 0 Å². The van der Waals surface area contributed by atoms with Gasteiger partial charge in [0.1, 0.15) is 23.9 Å². The Hall–Kier alpha value is -2.85. The third-order valence-electron chi connectivity index (χ3n) is 4.07. The van der Waals surface area contributed by atoms with Crippen LogP contribution in [0.3, 0.4) is 0 Å². The zero-order valence-corrected chi connectivity index (χ0v) is 18.3. The molecule has 0 aliphatic carbocycles. The molecule has 30 heavy (non-hydrogen) atoms. The highest BCUT2D eigenvalue weighted by molar-refractivity contribution is 9.10. The molecule has 1 heterocycles. The number of thioether (sulfide) groups is 1. The Kier molecular flexibility index (Phi) is 6.78. The van der Waals surface area contributed by atoms with E-state index in [9.17, 15) is 18.8 Å². The molecular formula is C20H16BrFN2O5S. The molecule has 10 heteroatoms. The van der Waals surface area contributed by atoms with E-state index in [4.69, 9.17) is 9.47 Å². The molecule has 1 N–H and O–H groups in total. The maximum Gasteiger partial charge on any atom is 0.294 e. The quantitative estimate of drug-likeness (QED) is 0.603. The van der Waals surface area contributed by atoms with Crippen molar-refractivity contribution in [1.82, 2.24) is 4.90 Å². The van der Waals surface area contributed by atoms with Gasteiger partial charge in [-0.05, 0) is 58.0 Å². The van der Waals surface area contributed by atoms with Gasteiger partial charge in [-0.3, -0.25) is 19.3 Å². The molecule has 0 bridgehead atoms. The van der Waals surface area contributed by atoms with E-state index in [1.54, 1.807) is 12.1 Å². The number of nitrogens with zero attached hydrogens (tertiary/aromatic N) is 1. The molecule has 3 amide bonds. The van der Waals surface area contributed by atoms with E-state index < -0.39 is 29.4 Å². The lowest BCUT2D eigenvalue weighted by molar-refractivity contribution is -0.127. The molecule has 2 aromatic carbocycles. The van der Waals surface area contributed by atoms with Crippen LogP contribution in [0.15, 0.2) is 45.8 Å². The van der Waals surface area contributed by atoms with Gasteiger partial charge >= 0.3 is 0 Å². The summed E-state index contributed by atoms with van der Waals surface area (Å²) in [6, 6.07) is 8.66. The predicted octanol–water partition coefficient (Wildman–Crippen LogP) is 4.28. The molecule has 0 aromatic heterocycles. The summed E-state index contributed by atoms with van der Waals surface area (Å²) in [4.78, 5) is 38.1. The number of ether oxygens (including phenoxy) is 2. The summed E-state index contributed by atoms with van der Waals surface area (Å²) in [5.41, 5.74) is 0.787. The van der Waals surface area contributed by atoms with Gasteiger partial charge in [0, 0.05) is 17.3 Å². The Morgan fingerprint density at radius 3 is 2.60 bits per heavy atom. The molecule has 156 valence electrons. The van der Waals surface area contributed by atoms with E-state index in [1.807, 2.05) is 0 Å². The standard InChI is InChI=1S/C20H16BrFN2O5S/c1-28-15-9-16(29-2)14(21)6-11(15)7-17-19(26)24(20(27)30-17)10-18(25)23-13-5-3-4-12(22)8-13/h3-9H,10H2,1-2H3,(H,23,25)/b17-7+. The molecule has 7 nitrogen and oxygen atoms in total. The Morgan fingerprint density at radius 1 is 1.20 bits per heavy atom. The average Bonchev–Trinajstić information content (AvgIpc) is 2.95. The molecule has 1 fully saturated rings. The van der Waals surface area contributed by atoms with Crippen LogP contribution in [0.25, 0.3) is 6.08 Å². The van der Waals surface area contributed by atoms with Crippen LogP contribution in [0.4, 0.5) is 14.9 Å². The minimum absolute atomic E-state index is 0.147. The van der Waals surface area contributed by atoms with Gasteiger partial charge in [0.15, 0.2) is 0 Å². The Bertz CT molecular complexity index is 1060. The summed E-state index contributed by atoms with van der Waals surface area (Å²) < 4.78 is 24.4. The second-order valence-corrected chi connectivity index (χ2v) is 7.90. The van der Waals surface area contributed by atoms with Gasteiger partial charge in [-0.25, -0.2) is 4.39 Å². The topological polar surface area (TPSA) is 84.9 Å². The van der Waals surface area contributed by atoms with Crippen LogP contribution in [0.2, 0.25) is 0 Å². The zero-order chi connectivity index (χ0) is 21.8. The Morgan fingerprint density at radius 2 is 1.93 bits per heavy atom. The van der Waals surface area contributed by atoms with Crippen molar-refractivity contribution in [3.8, 4) is 11.5 Å². The molecule has 2 aromatic rings. The van der Waals surface area contributed by atoms with Gasteiger partial charge < -0.3 is 14.8 Å². The molecular weight excluding hydrogens is 479 g/mol. The van der Waals surface area contributed by atoms with E-state index in [2.05, 4.69) is 21.2 Å². The van der Waals surface area contributed by atoms with Gasteiger partial charge in [0.2, 0.25) is 5.91 Å². The zero-order valence-electron chi connectivity index (χ0n) is 15.9. The highest BCUT2D eigenvalue weighted by atomic mass is 79.9. The van der Waals surface area contributed by atoms with Crippen molar-refractivity contribution in [3.05, 3.63) is 57.2 Å². The highest BCUT2D eigenvalue weighted by Gasteiger charge is 2.36. The second kappa shape index (κ2) is 9.31. The van der Waals surface area contributed by atoms with E-state index >= 15 is 0 Å². The minimum atomic E-state index is -0.617. The molecule has 0 radical (unpaired) electrons. The summed E-state index contributed by atoms with van der Waals surface area (Å²) in [6.45, 7) is -0.484. The monoisotopic (exact) mass is 494 g/mol. The summed E-state index contributed by atoms with van der Waals surface area (Å²) >= 11 is 4.09. The summed E-state index contributed by atoms with van der Waals surface area (Å²) in [7, 11) is 2.99. The molecule has 0 spiro atoms. The van der Waals surface area contributed by atoms with Crippen molar-refractivity contribution in [2.75, 3.05) is 26.1 Å². The minimum Gasteiger partial charge on any atom is -0.496 e. The van der Waals surface area contributed by atoms with Crippen molar-refractivity contribution in [2.45, 2.75) is 0 Å². The van der Waals surface area contributed by atoms with Crippen molar-refractivity contribution in [3.63, 3.8) is 0 Å². The van der Waals surface area contributed by atoms with E-state index in [1.165, 1.54) is 38.5 Å². The lowest BCUT2D eigenvalue weighted by Crippen LogP contribution is -2.36. The Labute approximate surface area is 184 Å². The summed E-state index contributed by atoms with van der Waals surface area (Å²) in [6.07, 6.45) is 1.51. The van der Waals surface area contributed by atoms with Crippen molar-refractivity contribution < 1.29 is 28.2 Å². The SMILES string of the molecule is COc1cc(OC)c(/C=C2/SC(=O)N(CC(=O)Nc3cccc(F)c3)C2=O)cc1Br. The van der Waals surface area contributed by atoms with Crippen LogP contribution in [0.1, 0.15) is 5.56 Å². The fourth-order valence-electron chi connectivity index (χ4n) is 2.68. The van der Waals surface area contributed by atoms with Crippen LogP contribution in [-0.2, 0) is 9.59 Å². The first-order valence-corrected chi connectivity index (χ1v) is 10.2. The molecule has 1 aliphatic rings. The highest BCUT2D eigenvalue weighted by Crippen LogP contribution is 2.37. The number of anilines is 1. The molecule has 0 atom stereocenters. The number of hydrogen-bond acceptors (Lipinski definition) is 6. The number of methoxy groups -OCH3 is 2. The number of halogens is 2. The largest absolute Gasteiger partial charge is 0.496 e. The number of carbonyl (C=O) groups is 3. The third-order valence-corrected chi connectivity index (χ3v) is 5.60. The molecule has 3 rings (SSSR count). The van der Waals surface area contributed by atoms with Crippen molar-refractivity contribution >= 4 is 56.5 Å². The third kappa shape index (κ3) is 4.82. The van der Waals surface area contributed by atoms with Gasteiger partial charge in [0.25, 0.3) is 11.1 Å². The van der Waals surface area contributed by atoms with Gasteiger partial charge in [0.05, 0.1) is 23.6 Å². The van der Waals surface area contributed by atoms with Crippen molar-refractivity contribution in [1.29, 1.82) is 0 Å². The number of benzene rings is 2. The van der Waals surface area contributed by atoms with Crippen molar-refractivity contribution in [2.24, 2.45) is 0 Å². The predicted molar refractivity (Wildman–Crippen MR) is 115 cm³/mol. The number of amides is 3. The number of imide groups is 1. The summed E-state index contributed by atoms with van der Waals surface area (Å²) in [5, 5.41) is 1.88. The first kappa shape index (κ1) is 21.8. The second-order valence-electron chi connectivity index (χ2n) is 6.06. The van der Waals surface area contributed by atoms with E-state index in [-0.39, 0.29) is 10.6 Å². The molecule has 1 aliphatic heterocycles. The molecule has 0 unspecified atom stereocenters. The van der Waals surface area contributed by atoms with E-state index in [0.29, 0.717) is 21.5 Å². The Balaban J connectivity index is 1.77. The van der Waals surface area contributed by atoms with Crippen LogP contribution in [0, 0.1) is 5.82 Å². The average molecular weight is 495 g/mol. The normalized spacial score (nSPS) is 14.9. The molecule has 0 saturated carbocycles. The fourth-order valence-corrected chi connectivity index (χ4v) is 4.04. The maximum atomic E-state index is 13.2. The first-order valence-electron chi connectivity index (χ1n) is 8.54. The van der Waals surface area contributed by atoms with Crippen LogP contribution in [0.5, 0.6) is 11.5 Å². The first-order chi connectivity index (χ1) is 14.3. The van der Waals surface area contributed by atoms with E-state index in [0.717, 1.165) is 22.7 Å². The number of rotatable bonds is 6.